The van der Waals surface area contributed by atoms with Gasteiger partial charge in [-0.25, -0.2) is 9.78 Å². The lowest BCUT2D eigenvalue weighted by Crippen LogP contribution is -2.70. The van der Waals surface area contributed by atoms with Crippen LogP contribution in [0.2, 0.25) is 0 Å². The molecule has 7 heteroatoms. The predicted octanol–water partition coefficient (Wildman–Crippen LogP) is 4.46. The summed E-state index contributed by atoms with van der Waals surface area (Å²) in [4.78, 5) is 23.2. The van der Waals surface area contributed by atoms with Gasteiger partial charge >= 0.3 is 5.97 Å². The SMILES string of the molecule is CC(C(=O)O)c1ccc(O[C@H]2O[C@@H]3O[C@@]4(C)CC[C@H]5[C@H](C)CC[C@@H]([C@H]2C)[C@@]35OO4)cc1. The first kappa shape index (κ1) is 21.2. The maximum Gasteiger partial charge on any atom is 0.310 e. The second-order valence-corrected chi connectivity index (χ2v) is 10.0. The topological polar surface area (TPSA) is 83.5 Å². The van der Waals surface area contributed by atoms with Gasteiger partial charge in [-0.2, -0.15) is 0 Å². The van der Waals surface area contributed by atoms with E-state index in [0.29, 0.717) is 17.6 Å². The van der Waals surface area contributed by atoms with Crippen molar-refractivity contribution < 1.29 is 33.9 Å². The number of ether oxygens (including phenoxy) is 3. The smallest absolute Gasteiger partial charge is 0.310 e. The Labute approximate surface area is 182 Å². The molecular formula is C24H32O7. The third kappa shape index (κ3) is 3.28. The van der Waals surface area contributed by atoms with E-state index in [2.05, 4.69) is 13.8 Å². The minimum atomic E-state index is -0.847. The van der Waals surface area contributed by atoms with Crippen LogP contribution >= 0.6 is 0 Å². The van der Waals surface area contributed by atoms with Crippen molar-refractivity contribution in [3.63, 3.8) is 0 Å². The molecule has 9 atom stereocenters. The minimum absolute atomic E-state index is 0.0820. The molecule has 4 saturated heterocycles. The van der Waals surface area contributed by atoms with Crippen LogP contribution in [0.4, 0.5) is 0 Å². The standard InChI is InChI=1S/C24H32O7/c1-13-5-10-19-15(3)21(27-17-8-6-16(7-9-17)14(2)20(25)26)28-22-24(19)18(13)11-12-23(4,29-22)30-31-24/h6-9,13-15,18-19,21-22H,5,10-12H2,1-4H3,(H,25,26)/t13-,14?,15-,18+,19+,21+,22-,23-,24-/m1/s1. The quantitative estimate of drug-likeness (QED) is 0.703. The third-order valence-electron chi connectivity index (χ3n) is 8.10. The van der Waals surface area contributed by atoms with Crippen LogP contribution in [0.5, 0.6) is 5.75 Å². The maximum atomic E-state index is 11.2. The first-order valence-electron chi connectivity index (χ1n) is 11.4. The fraction of sp³-hybridized carbons (Fsp3) is 0.708. The van der Waals surface area contributed by atoms with Gasteiger partial charge in [0.2, 0.25) is 12.1 Å². The average molecular weight is 433 g/mol. The van der Waals surface area contributed by atoms with E-state index < -0.39 is 35.9 Å². The molecule has 5 fully saturated rings. The zero-order valence-electron chi connectivity index (χ0n) is 18.6. The second kappa shape index (κ2) is 7.44. The molecule has 0 aromatic heterocycles. The molecule has 0 radical (unpaired) electrons. The summed E-state index contributed by atoms with van der Waals surface area (Å²) in [6.45, 7) is 8.03. The lowest BCUT2D eigenvalue weighted by Gasteiger charge is -2.60. The molecule has 1 saturated carbocycles. The molecule has 1 aliphatic carbocycles. The summed E-state index contributed by atoms with van der Waals surface area (Å²) >= 11 is 0. The Morgan fingerprint density at radius 2 is 1.87 bits per heavy atom. The highest BCUT2D eigenvalue weighted by atomic mass is 17.3. The van der Waals surface area contributed by atoms with E-state index in [1.165, 1.54) is 0 Å². The molecule has 6 rings (SSSR count). The van der Waals surface area contributed by atoms with Gasteiger partial charge < -0.3 is 19.3 Å². The fourth-order valence-electron chi connectivity index (χ4n) is 6.12. The molecule has 0 amide bonds. The van der Waals surface area contributed by atoms with E-state index >= 15 is 0 Å². The molecule has 31 heavy (non-hydrogen) atoms. The van der Waals surface area contributed by atoms with Crippen LogP contribution in [0.15, 0.2) is 24.3 Å². The highest BCUT2D eigenvalue weighted by molar-refractivity contribution is 5.75. The average Bonchev–Trinajstić information content (AvgIpc) is 2.98. The van der Waals surface area contributed by atoms with Crippen molar-refractivity contribution in [3.05, 3.63) is 29.8 Å². The van der Waals surface area contributed by atoms with E-state index in [9.17, 15) is 9.90 Å². The van der Waals surface area contributed by atoms with Crippen molar-refractivity contribution in [3.8, 4) is 5.75 Å². The number of carboxylic acids is 1. The molecule has 1 aromatic carbocycles. The zero-order valence-corrected chi connectivity index (χ0v) is 18.6. The van der Waals surface area contributed by atoms with Gasteiger partial charge in [-0.3, -0.25) is 4.79 Å². The van der Waals surface area contributed by atoms with Crippen LogP contribution < -0.4 is 4.74 Å². The summed E-state index contributed by atoms with van der Waals surface area (Å²) in [5.41, 5.74) is 0.136. The second-order valence-electron chi connectivity index (χ2n) is 10.0. The van der Waals surface area contributed by atoms with E-state index in [-0.39, 0.29) is 11.8 Å². The summed E-state index contributed by atoms with van der Waals surface area (Å²) in [6.07, 6.45) is 2.90. The number of aliphatic carboxylic acids is 1. The van der Waals surface area contributed by atoms with Gasteiger partial charge in [0.05, 0.1) is 5.92 Å². The monoisotopic (exact) mass is 432 g/mol. The van der Waals surface area contributed by atoms with E-state index in [1.807, 2.05) is 19.1 Å². The van der Waals surface area contributed by atoms with Crippen molar-refractivity contribution in [1.29, 1.82) is 0 Å². The van der Waals surface area contributed by atoms with Crippen molar-refractivity contribution in [2.24, 2.45) is 23.7 Å². The third-order valence-corrected chi connectivity index (χ3v) is 8.10. The fourth-order valence-corrected chi connectivity index (χ4v) is 6.12. The highest BCUT2D eigenvalue weighted by Crippen LogP contribution is 2.60. The van der Waals surface area contributed by atoms with Crippen LogP contribution in [-0.4, -0.2) is 35.0 Å². The molecule has 170 valence electrons. The molecule has 1 aromatic rings. The first-order valence-corrected chi connectivity index (χ1v) is 11.4. The Balaban J connectivity index is 1.40. The summed E-state index contributed by atoms with van der Waals surface area (Å²) in [5, 5.41) is 9.22. The number of hydrogen-bond acceptors (Lipinski definition) is 6. The Kier molecular flexibility index (Phi) is 5.09. The summed E-state index contributed by atoms with van der Waals surface area (Å²) in [7, 11) is 0. The lowest BCUT2D eigenvalue weighted by molar-refractivity contribution is -0.575. The normalized spacial score (nSPS) is 44.8. The Bertz CT molecular complexity index is 841. The summed E-state index contributed by atoms with van der Waals surface area (Å²) in [6, 6.07) is 7.21. The van der Waals surface area contributed by atoms with Gasteiger partial charge in [0.25, 0.3) is 0 Å². The minimum Gasteiger partial charge on any atom is -0.481 e. The van der Waals surface area contributed by atoms with Crippen molar-refractivity contribution in [2.75, 3.05) is 0 Å². The van der Waals surface area contributed by atoms with Crippen LogP contribution in [0.1, 0.15) is 64.9 Å². The Morgan fingerprint density at radius 3 is 2.58 bits per heavy atom. The molecule has 1 N–H and O–H groups in total. The number of benzene rings is 1. The Morgan fingerprint density at radius 1 is 1.13 bits per heavy atom. The molecule has 1 spiro atoms. The molecule has 5 aliphatic rings. The zero-order chi connectivity index (χ0) is 22.0. The van der Waals surface area contributed by atoms with Crippen LogP contribution in [0.25, 0.3) is 0 Å². The first-order chi connectivity index (χ1) is 14.7. The molecule has 1 unspecified atom stereocenters. The van der Waals surface area contributed by atoms with Crippen LogP contribution in [-0.2, 0) is 24.0 Å². The van der Waals surface area contributed by atoms with Crippen molar-refractivity contribution >= 4 is 5.97 Å². The highest BCUT2D eigenvalue weighted by Gasteiger charge is 2.69. The van der Waals surface area contributed by atoms with Gasteiger partial charge in [-0.05, 0) is 62.6 Å². The van der Waals surface area contributed by atoms with Crippen LogP contribution in [0.3, 0.4) is 0 Å². The molecule has 4 heterocycles. The Hall–Kier alpha value is -1.67. The largest absolute Gasteiger partial charge is 0.481 e. The molecule has 7 nitrogen and oxygen atoms in total. The number of carboxylic acid groups (broad SMARTS) is 1. The lowest BCUT2D eigenvalue weighted by atomic mass is 9.58. The van der Waals surface area contributed by atoms with E-state index in [1.54, 1.807) is 19.1 Å². The van der Waals surface area contributed by atoms with E-state index in [0.717, 1.165) is 31.2 Å². The summed E-state index contributed by atoms with van der Waals surface area (Å²) in [5.74, 6) is -0.448. The molecule has 2 bridgehead atoms. The van der Waals surface area contributed by atoms with Gasteiger partial charge in [0.1, 0.15) is 5.75 Å². The number of fused-ring (bicyclic) bond motifs is 2. The molecule has 4 aliphatic heterocycles. The predicted molar refractivity (Wildman–Crippen MR) is 110 cm³/mol. The van der Waals surface area contributed by atoms with Gasteiger partial charge in [-0.1, -0.05) is 26.0 Å². The van der Waals surface area contributed by atoms with Gasteiger partial charge in [0, 0.05) is 18.3 Å². The van der Waals surface area contributed by atoms with Crippen molar-refractivity contribution in [2.45, 2.75) is 83.3 Å². The van der Waals surface area contributed by atoms with Crippen molar-refractivity contribution in [1.82, 2.24) is 0 Å². The van der Waals surface area contributed by atoms with E-state index in [4.69, 9.17) is 24.0 Å². The summed E-state index contributed by atoms with van der Waals surface area (Å²) < 4.78 is 19.1. The number of rotatable bonds is 4. The maximum absolute atomic E-state index is 11.2. The van der Waals surface area contributed by atoms with Gasteiger partial charge in [0.15, 0.2) is 11.9 Å². The molecular weight excluding hydrogens is 400 g/mol. The van der Waals surface area contributed by atoms with Crippen LogP contribution in [0, 0.1) is 23.7 Å². The number of carbonyl (C=O) groups is 1. The number of hydrogen-bond donors (Lipinski definition) is 1. The van der Waals surface area contributed by atoms with Gasteiger partial charge in [-0.15, -0.1) is 0 Å².